The largest absolute Gasteiger partial charge is 0.481 e. The van der Waals surface area contributed by atoms with Gasteiger partial charge >= 0.3 is 0 Å². The molecule has 0 radical (unpaired) electrons. The normalized spacial score (nSPS) is 19.1. The molecule has 0 aromatic carbocycles. The summed E-state index contributed by atoms with van der Waals surface area (Å²) in [6, 6.07) is 5.38. The lowest BCUT2D eigenvalue weighted by Crippen LogP contribution is -2.58. The van der Waals surface area contributed by atoms with Crippen molar-refractivity contribution >= 4 is 11.7 Å². The number of rotatable bonds is 3. The topological polar surface area (TPSA) is 57.7 Å². The summed E-state index contributed by atoms with van der Waals surface area (Å²) in [7, 11) is 5.13. The van der Waals surface area contributed by atoms with E-state index < -0.39 is 0 Å². The maximum absolute atomic E-state index is 12.2. The summed E-state index contributed by atoms with van der Waals surface area (Å²) in [6.45, 7) is 2.23. The summed E-state index contributed by atoms with van der Waals surface area (Å²) >= 11 is 0. The number of anilines is 1. The first kappa shape index (κ1) is 13.6. The van der Waals surface area contributed by atoms with Gasteiger partial charge in [-0.25, -0.2) is 0 Å². The Bertz CT molecular complexity index is 450. The number of nitrogens with zero attached hydrogens (tertiary/aromatic N) is 3. The van der Waals surface area contributed by atoms with Gasteiger partial charge in [-0.1, -0.05) is 6.07 Å². The van der Waals surface area contributed by atoms with Crippen LogP contribution in [0.4, 0.5) is 5.82 Å². The zero-order valence-corrected chi connectivity index (χ0v) is 11.6. The Balaban J connectivity index is 2.25. The van der Waals surface area contributed by atoms with E-state index in [2.05, 4.69) is 10.3 Å². The number of hydrogen-bond acceptors (Lipinski definition) is 5. The van der Waals surface area contributed by atoms with Crippen LogP contribution in [0.5, 0.6) is 5.88 Å². The van der Waals surface area contributed by atoms with Crippen LogP contribution in [0.2, 0.25) is 0 Å². The zero-order valence-electron chi connectivity index (χ0n) is 11.6. The quantitative estimate of drug-likeness (QED) is 0.830. The SMILES string of the molecule is COc1cccc(N2CCNCC2C(=O)N(C)C)n1. The molecule has 1 unspecified atom stereocenters. The van der Waals surface area contributed by atoms with E-state index in [1.54, 1.807) is 32.2 Å². The first-order valence-corrected chi connectivity index (χ1v) is 6.33. The molecule has 19 heavy (non-hydrogen) atoms. The minimum atomic E-state index is -0.219. The lowest BCUT2D eigenvalue weighted by Gasteiger charge is -2.37. The van der Waals surface area contributed by atoms with Crippen LogP contribution < -0.4 is 15.0 Å². The molecule has 1 amide bonds. The number of nitrogens with one attached hydrogen (secondary N) is 1. The van der Waals surface area contributed by atoms with E-state index in [0.29, 0.717) is 12.4 Å². The summed E-state index contributed by atoms with van der Waals surface area (Å²) in [6.07, 6.45) is 0. The number of aromatic nitrogens is 1. The summed E-state index contributed by atoms with van der Waals surface area (Å²) in [5.41, 5.74) is 0. The lowest BCUT2D eigenvalue weighted by atomic mass is 10.1. The van der Waals surface area contributed by atoms with Crippen molar-refractivity contribution in [3.63, 3.8) is 0 Å². The predicted molar refractivity (Wildman–Crippen MR) is 73.5 cm³/mol. The maximum Gasteiger partial charge on any atom is 0.246 e. The molecule has 1 aromatic rings. The highest BCUT2D eigenvalue weighted by Crippen LogP contribution is 2.19. The van der Waals surface area contributed by atoms with E-state index in [-0.39, 0.29) is 11.9 Å². The van der Waals surface area contributed by atoms with Gasteiger partial charge in [0.05, 0.1) is 7.11 Å². The third-order valence-electron chi connectivity index (χ3n) is 3.18. The molecule has 1 N–H and O–H groups in total. The molecule has 6 heteroatoms. The number of methoxy groups -OCH3 is 1. The number of amides is 1. The lowest BCUT2D eigenvalue weighted by molar-refractivity contribution is -0.130. The van der Waals surface area contributed by atoms with Crippen molar-refractivity contribution in [3.8, 4) is 5.88 Å². The molecular weight excluding hydrogens is 244 g/mol. The molecule has 1 fully saturated rings. The minimum Gasteiger partial charge on any atom is -0.481 e. The van der Waals surface area contributed by atoms with E-state index in [4.69, 9.17) is 4.74 Å². The number of pyridine rings is 1. The highest BCUT2D eigenvalue weighted by molar-refractivity contribution is 5.85. The van der Waals surface area contributed by atoms with Gasteiger partial charge in [0.1, 0.15) is 11.9 Å². The molecule has 1 atom stereocenters. The molecule has 0 spiro atoms. The fourth-order valence-corrected chi connectivity index (χ4v) is 2.17. The van der Waals surface area contributed by atoms with Crippen molar-refractivity contribution in [2.75, 3.05) is 45.7 Å². The Morgan fingerprint density at radius 2 is 2.32 bits per heavy atom. The molecule has 2 heterocycles. The van der Waals surface area contributed by atoms with E-state index in [9.17, 15) is 4.79 Å². The molecule has 104 valence electrons. The molecule has 2 rings (SSSR count). The molecule has 1 aromatic heterocycles. The van der Waals surface area contributed by atoms with Crippen LogP contribution in [-0.2, 0) is 4.79 Å². The second-order valence-corrected chi connectivity index (χ2v) is 4.68. The molecule has 6 nitrogen and oxygen atoms in total. The van der Waals surface area contributed by atoms with E-state index in [1.807, 2.05) is 17.0 Å². The van der Waals surface area contributed by atoms with E-state index in [1.165, 1.54) is 0 Å². The third-order valence-corrected chi connectivity index (χ3v) is 3.18. The number of piperazine rings is 1. The van der Waals surface area contributed by atoms with Crippen LogP contribution in [0.15, 0.2) is 18.2 Å². The van der Waals surface area contributed by atoms with Gasteiger partial charge in [-0.3, -0.25) is 4.79 Å². The highest BCUT2D eigenvalue weighted by Gasteiger charge is 2.30. The van der Waals surface area contributed by atoms with Gasteiger partial charge in [0.15, 0.2) is 0 Å². The van der Waals surface area contributed by atoms with Crippen LogP contribution in [0.25, 0.3) is 0 Å². The Kier molecular flexibility index (Phi) is 4.21. The number of likely N-dealkylation sites (N-methyl/N-ethyl adjacent to an activating group) is 1. The molecule has 1 saturated heterocycles. The summed E-state index contributed by atoms with van der Waals surface area (Å²) in [4.78, 5) is 20.3. The van der Waals surface area contributed by atoms with Crippen LogP contribution in [0.1, 0.15) is 0 Å². The molecular formula is C13H20N4O2. The Hall–Kier alpha value is -1.82. The Morgan fingerprint density at radius 3 is 3.00 bits per heavy atom. The zero-order chi connectivity index (χ0) is 13.8. The van der Waals surface area contributed by atoms with Crippen molar-refractivity contribution in [2.24, 2.45) is 0 Å². The Morgan fingerprint density at radius 1 is 1.53 bits per heavy atom. The van der Waals surface area contributed by atoms with Crippen molar-refractivity contribution in [3.05, 3.63) is 18.2 Å². The minimum absolute atomic E-state index is 0.0804. The first-order chi connectivity index (χ1) is 9.13. The number of hydrogen-bond donors (Lipinski definition) is 1. The van der Waals surface area contributed by atoms with E-state index >= 15 is 0 Å². The first-order valence-electron chi connectivity index (χ1n) is 6.33. The summed E-state index contributed by atoms with van der Waals surface area (Å²) < 4.78 is 5.14. The smallest absolute Gasteiger partial charge is 0.246 e. The second kappa shape index (κ2) is 5.88. The fraction of sp³-hybridized carbons (Fsp3) is 0.538. The van der Waals surface area contributed by atoms with Gasteiger partial charge in [-0.2, -0.15) is 4.98 Å². The molecule has 0 saturated carbocycles. The van der Waals surface area contributed by atoms with Gasteiger partial charge < -0.3 is 19.9 Å². The van der Waals surface area contributed by atoms with Crippen molar-refractivity contribution < 1.29 is 9.53 Å². The highest BCUT2D eigenvalue weighted by atomic mass is 16.5. The number of ether oxygens (including phenoxy) is 1. The van der Waals surface area contributed by atoms with Gasteiger partial charge in [0.2, 0.25) is 11.8 Å². The van der Waals surface area contributed by atoms with Gasteiger partial charge in [-0.15, -0.1) is 0 Å². The van der Waals surface area contributed by atoms with Gasteiger partial charge in [0, 0.05) is 39.8 Å². The average Bonchev–Trinajstić information content (AvgIpc) is 2.46. The van der Waals surface area contributed by atoms with Crippen LogP contribution in [0.3, 0.4) is 0 Å². The number of carbonyl (C=O) groups excluding carboxylic acids is 1. The van der Waals surface area contributed by atoms with Crippen LogP contribution in [-0.4, -0.2) is 62.7 Å². The monoisotopic (exact) mass is 264 g/mol. The van der Waals surface area contributed by atoms with Gasteiger partial charge in [-0.05, 0) is 6.07 Å². The molecule has 0 bridgehead atoms. The molecule has 1 aliphatic heterocycles. The maximum atomic E-state index is 12.2. The average molecular weight is 264 g/mol. The Labute approximate surface area is 113 Å². The van der Waals surface area contributed by atoms with Crippen molar-refractivity contribution in [2.45, 2.75) is 6.04 Å². The summed E-state index contributed by atoms with van der Waals surface area (Å²) in [5, 5.41) is 3.25. The third kappa shape index (κ3) is 2.96. The van der Waals surface area contributed by atoms with Crippen molar-refractivity contribution in [1.82, 2.24) is 15.2 Å². The van der Waals surface area contributed by atoms with Crippen LogP contribution >= 0.6 is 0 Å². The molecule has 0 aliphatic carbocycles. The standard InChI is InChI=1S/C13H20N4O2/c1-16(2)13(18)10-9-14-7-8-17(10)11-5-4-6-12(15-11)19-3/h4-6,10,14H,7-9H2,1-3H3. The van der Waals surface area contributed by atoms with Crippen molar-refractivity contribution in [1.29, 1.82) is 0 Å². The molecule has 1 aliphatic rings. The predicted octanol–water partition coefficient (Wildman–Crippen LogP) is -0.0434. The summed E-state index contributed by atoms with van der Waals surface area (Å²) in [5.74, 6) is 1.42. The van der Waals surface area contributed by atoms with Crippen LogP contribution in [0, 0.1) is 0 Å². The van der Waals surface area contributed by atoms with E-state index in [0.717, 1.165) is 18.9 Å². The number of carbonyl (C=O) groups is 1. The van der Waals surface area contributed by atoms with Gasteiger partial charge in [0.25, 0.3) is 0 Å². The fourth-order valence-electron chi connectivity index (χ4n) is 2.17. The second-order valence-electron chi connectivity index (χ2n) is 4.68.